The van der Waals surface area contributed by atoms with E-state index in [0.717, 1.165) is 32.6 Å². The molecule has 0 saturated carbocycles. The number of nitrogens with zero attached hydrogens (tertiary/aromatic N) is 2. The lowest BCUT2D eigenvalue weighted by molar-refractivity contribution is -0.132. The number of nitrogens with two attached hydrogens (primary N) is 1. The van der Waals surface area contributed by atoms with E-state index in [9.17, 15) is 4.79 Å². The lowest BCUT2D eigenvalue weighted by Gasteiger charge is -2.34. The molecule has 0 aromatic rings. The normalized spacial score (nSPS) is 16.4. The largest absolute Gasteiger partial charge is 0.392 e. The van der Waals surface area contributed by atoms with Crippen molar-refractivity contribution >= 4 is 23.1 Å². The molecule has 1 rings (SSSR count). The smallest absolute Gasteiger partial charge is 0.222 e. The van der Waals surface area contributed by atoms with E-state index in [1.165, 1.54) is 32.1 Å². The number of carbonyl (C=O) groups excluding carboxylic acids is 1. The van der Waals surface area contributed by atoms with Gasteiger partial charge in [-0.2, -0.15) is 0 Å². The van der Waals surface area contributed by atoms with Crippen LogP contribution < -0.4 is 5.73 Å². The molecule has 0 spiro atoms. The van der Waals surface area contributed by atoms with Crippen LogP contribution in [-0.2, 0) is 4.79 Å². The molecule has 0 radical (unpaired) electrons. The third-order valence-corrected chi connectivity index (χ3v) is 3.98. The van der Waals surface area contributed by atoms with Gasteiger partial charge in [-0.1, -0.05) is 51.2 Å². The van der Waals surface area contributed by atoms with Gasteiger partial charge in [-0.3, -0.25) is 9.69 Å². The SMILES string of the molecule is CCCCCCCCC(=O)N1CCN(CC(N)=S)CC1. The molecule has 1 saturated heterocycles. The third kappa shape index (κ3) is 7.20. The van der Waals surface area contributed by atoms with Gasteiger partial charge in [-0.15, -0.1) is 0 Å². The standard InChI is InChI=1S/C15H29N3OS/c1-2-3-4-5-6-7-8-15(19)18-11-9-17(10-12-18)13-14(16)20/h2-13H2,1H3,(H2,16,20). The van der Waals surface area contributed by atoms with E-state index in [0.29, 0.717) is 23.9 Å². The van der Waals surface area contributed by atoms with Gasteiger partial charge in [0.05, 0.1) is 4.99 Å². The minimum absolute atomic E-state index is 0.315. The van der Waals surface area contributed by atoms with E-state index in [2.05, 4.69) is 11.8 Å². The van der Waals surface area contributed by atoms with Gasteiger partial charge in [-0.05, 0) is 6.42 Å². The Morgan fingerprint density at radius 3 is 2.25 bits per heavy atom. The fraction of sp³-hybridized carbons (Fsp3) is 0.867. The molecule has 0 atom stereocenters. The van der Waals surface area contributed by atoms with Crippen LogP contribution in [0.1, 0.15) is 51.9 Å². The van der Waals surface area contributed by atoms with Crippen molar-refractivity contribution in [2.24, 2.45) is 5.73 Å². The van der Waals surface area contributed by atoms with Gasteiger partial charge in [-0.25, -0.2) is 0 Å². The molecule has 1 fully saturated rings. The molecule has 116 valence electrons. The molecule has 20 heavy (non-hydrogen) atoms. The maximum Gasteiger partial charge on any atom is 0.222 e. The minimum atomic E-state index is 0.315. The molecule has 0 unspecified atom stereocenters. The van der Waals surface area contributed by atoms with E-state index in [-0.39, 0.29) is 0 Å². The van der Waals surface area contributed by atoms with Crippen LogP contribution in [-0.4, -0.2) is 53.4 Å². The second-order valence-corrected chi connectivity index (χ2v) is 6.17. The lowest BCUT2D eigenvalue weighted by Crippen LogP contribution is -2.50. The molecule has 2 N–H and O–H groups in total. The molecule has 0 aliphatic carbocycles. The Morgan fingerprint density at radius 1 is 1.05 bits per heavy atom. The highest BCUT2D eigenvalue weighted by molar-refractivity contribution is 7.80. The Hall–Kier alpha value is -0.680. The molecule has 1 aliphatic heterocycles. The first kappa shape index (κ1) is 17.4. The van der Waals surface area contributed by atoms with Gasteiger partial charge >= 0.3 is 0 Å². The summed E-state index contributed by atoms with van der Waals surface area (Å²) in [5.41, 5.74) is 5.54. The second kappa shape index (κ2) is 10.1. The summed E-state index contributed by atoms with van der Waals surface area (Å²) in [5.74, 6) is 0.315. The van der Waals surface area contributed by atoms with Gasteiger partial charge in [0.15, 0.2) is 0 Å². The molecule has 0 aromatic heterocycles. The monoisotopic (exact) mass is 299 g/mol. The van der Waals surface area contributed by atoms with E-state index >= 15 is 0 Å². The van der Waals surface area contributed by atoms with Crippen molar-refractivity contribution in [3.63, 3.8) is 0 Å². The van der Waals surface area contributed by atoms with E-state index in [1.54, 1.807) is 0 Å². The number of rotatable bonds is 9. The van der Waals surface area contributed by atoms with Crippen LogP contribution in [0, 0.1) is 0 Å². The summed E-state index contributed by atoms with van der Waals surface area (Å²) < 4.78 is 0. The Bertz CT molecular complexity index is 301. The van der Waals surface area contributed by atoms with Gasteiger partial charge < -0.3 is 10.6 Å². The number of piperazine rings is 1. The predicted octanol–water partition coefficient (Wildman–Crippen LogP) is 2.17. The highest BCUT2D eigenvalue weighted by Crippen LogP contribution is 2.10. The van der Waals surface area contributed by atoms with Gasteiger partial charge in [0.2, 0.25) is 5.91 Å². The first-order chi connectivity index (χ1) is 9.63. The molecule has 5 heteroatoms. The summed E-state index contributed by atoms with van der Waals surface area (Å²) in [7, 11) is 0. The zero-order chi connectivity index (χ0) is 14.8. The van der Waals surface area contributed by atoms with Crippen molar-refractivity contribution in [3.8, 4) is 0 Å². The number of carbonyl (C=O) groups is 1. The molecular formula is C15H29N3OS. The van der Waals surface area contributed by atoms with Crippen molar-refractivity contribution in [1.29, 1.82) is 0 Å². The van der Waals surface area contributed by atoms with Crippen LogP contribution in [0.5, 0.6) is 0 Å². The molecule has 4 nitrogen and oxygen atoms in total. The van der Waals surface area contributed by atoms with E-state index < -0.39 is 0 Å². The van der Waals surface area contributed by atoms with Crippen LogP contribution >= 0.6 is 12.2 Å². The summed E-state index contributed by atoms with van der Waals surface area (Å²) in [6.07, 6.45) is 8.10. The quantitative estimate of drug-likeness (QED) is 0.524. The van der Waals surface area contributed by atoms with E-state index in [1.807, 2.05) is 4.90 Å². The minimum Gasteiger partial charge on any atom is -0.392 e. The van der Waals surface area contributed by atoms with Crippen LogP contribution in [0.15, 0.2) is 0 Å². The summed E-state index contributed by atoms with van der Waals surface area (Å²) >= 11 is 4.91. The highest BCUT2D eigenvalue weighted by Gasteiger charge is 2.20. The molecule has 1 heterocycles. The Kier molecular flexibility index (Phi) is 8.78. The van der Waals surface area contributed by atoms with Crippen molar-refractivity contribution in [2.45, 2.75) is 51.9 Å². The first-order valence-corrected chi connectivity index (χ1v) is 8.32. The Morgan fingerprint density at radius 2 is 1.65 bits per heavy atom. The fourth-order valence-electron chi connectivity index (χ4n) is 2.59. The van der Waals surface area contributed by atoms with Gasteiger partial charge in [0, 0.05) is 39.1 Å². The van der Waals surface area contributed by atoms with Crippen LogP contribution in [0.2, 0.25) is 0 Å². The van der Waals surface area contributed by atoms with Gasteiger partial charge in [0.25, 0.3) is 0 Å². The number of thiocarbonyl (C=S) groups is 1. The predicted molar refractivity (Wildman–Crippen MR) is 87.8 cm³/mol. The van der Waals surface area contributed by atoms with Crippen molar-refractivity contribution in [1.82, 2.24) is 9.80 Å². The van der Waals surface area contributed by atoms with Crippen molar-refractivity contribution < 1.29 is 4.79 Å². The zero-order valence-electron chi connectivity index (χ0n) is 12.8. The average Bonchev–Trinajstić information content (AvgIpc) is 2.42. The maximum absolute atomic E-state index is 12.1. The van der Waals surface area contributed by atoms with Crippen LogP contribution in [0.4, 0.5) is 0 Å². The van der Waals surface area contributed by atoms with Crippen LogP contribution in [0.25, 0.3) is 0 Å². The summed E-state index contributed by atoms with van der Waals surface area (Å²) in [4.78, 5) is 16.8. The molecular weight excluding hydrogens is 270 g/mol. The molecule has 1 amide bonds. The maximum atomic E-state index is 12.1. The van der Waals surface area contributed by atoms with Crippen LogP contribution in [0.3, 0.4) is 0 Å². The zero-order valence-corrected chi connectivity index (χ0v) is 13.6. The molecule has 0 bridgehead atoms. The fourth-order valence-corrected chi connectivity index (χ4v) is 2.77. The molecule has 1 aliphatic rings. The topological polar surface area (TPSA) is 49.6 Å². The van der Waals surface area contributed by atoms with E-state index in [4.69, 9.17) is 18.0 Å². The highest BCUT2D eigenvalue weighted by atomic mass is 32.1. The lowest BCUT2D eigenvalue weighted by atomic mass is 10.1. The van der Waals surface area contributed by atoms with Gasteiger partial charge in [0.1, 0.15) is 0 Å². The number of hydrogen-bond donors (Lipinski definition) is 1. The average molecular weight is 299 g/mol. The summed E-state index contributed by atoms with van der Waals surface area (Å²) in [6.45, 7) is 6.31. The van der Waals surface area contributed by atoms with Crippen molar-refractivity contribution in [2.75, 3.05) is 32.7 Å². The second-order valence-electron chi connectivity index (χ2n) is 5.64. The summed E-state index contributed by atoms with van der Waals surface area (Å²) in [5, 5.41) is 0. The number of amides is 1. The summed E-state index contributed by atoms with van der Waals surface area (Å²) in [6, 6.07) is 0. The number of unbranched alkanes of at least 4 members (excludes halogenated alkanes) is 5. The number of hydrogen-bond acceptors (Lipinski definition) is 3. The molecule has 0 aromatic carbocycles. The Labute approximate surface area is 128 Å². The Balaban J connectivity index is 2.08. The third-order valence-electron chi connectivity index (χ3n) is 3.85. The van der Waals surface area contributed by atoms with Crippen molar-refractivity contribution in [3.05, 3.63) is 0 Å². The first-order valence-electron chi connectivity index (χ1n) is 7.92.